The molecule has 0 unspecified atom stereocenters. The van der Waals surface area contributed by atoms with Crippen LogP contribution in [0.4, 0.5) is 0 Å². The van der Waals surface area contributed by atoms with E-state index in [1.165, 1.54) is 0 Å². The molecular weight excluding hydrogens is 248 g/mol. The Kier molecular flexibility index (Phi) is 2.76. The van der Waals surface area contributed by atoms with Gasteiger partial charge in [-0.15, -0.1) is 11.3 Å². The highest BCUT2D eigenvalue weighted by atomic mass is 32.1. The normalized spacial score (nSPS) is 11.3. The van der Waals surface area contributed by atoms with Gasteiger partial charge in [0.1, 0.15) is 11.2 Å². The second-order valence-corrected chi connectivity index (χ2v) is 5.08. The molecule has 18 heavy (non-hydrogen) atoms. The number of fused-ring (bicyclic) bond motifs is 1. The molecule has 3 aromatic heterocycles. The number of aromatic nitrogens is 2. The standard InChI is InChI=1S/C13H12N2O2S/c1-8(2)17-13-11(10-4-3-7-18-10)14-9-5-6-16-12(9)15-13/h3-8H,1-2H3. The fraction of sp³-hybridized carbons (Fsp3) is 0.231. The van der Waals surface area contributed by atoms with Gasteiger partial charge in [-0.25, -0.2) is 4.98 Å². The summed E-state index contributed by atoms with van der Waals surface area (Å²) in [5.41, 5.74) is 2.02. The molecule has 0 aromatic carbocycles. The molecule has 3 heterocycles. The highest BCUT2D eigenvalue weighted by Crippen LogP contribution is 2.32. The van der Waals surface area contributed by atoms with Gasteiger partial charge in [-0.2, -0.15) is 4.98 Å². The van der Waals surface area contributed by atoms with Crippen molar-refractivity contribution in [3.8, 4) is 16.5 Å². The van der Waals surface area contributed by atoms with E-state index in [-0.39, 0.29) is 6.10 Å². The monoisotopic (exact) mass is 260 g/mol. The van der Waals surface area contributed by atoms with Crippen molar-refractivity contribution in [3.05, 3.63) is 29.8 Å². The van der Waals surface area contributed by atoms with E-state index < -0.39 is 0 Å². The number of nitrogens with zero attached hydrogens (tertiary/aromatic N) is 2. The van der Waals surface area contributed by atoms with Crippen LogP contribution in [0, 0.1) is 0 Å². The Balaban J connectivity index is 2.19. The van der Waals surface area contributed by atoms with E-state index in [0.29, 0.717) is 11.6 Å². The highest BCUT2D eigenvalue weighted by molar-refractivity contribution is 7.13. The molecule has 0 amide bonds. The second kappa shape index (κ2) is 4.42. The van der Waals surface area contributed by atoms with E-state index >= 15 is 0 Å². The van der Waals surface area contributed by atoms with Crippen LogP contribution in [0.15, 0.2) is 34.3 Å². The van der Waals surface area contributed by atoms with E-state index in [0.717, 1.165) is 16.1 Å². The number of hydrogen-bond donors (Lipinski definition) is 0. The van der Waals surface area contributed by atoms with Gasteiger partial charge in [0.15, 0.2) is 0 Å². The number of ether oxygens (including phenoxy) is 1. The minimum atomic E-state index is 0.0467. The van der Waals surface area contributed by atoms with Crippen molar-refractivity contribution in [3.63, 3.8) is 0 Å². The van der Waals surface area contributed by atoms with Crippen LogP contribution in [0.3, 0.4) is 0 Å². The van der Waals surface area contributed by atoms with Crippen molar-refractivity contribution < 1.29 is 9.15 Å². The zero-order valence-corrected chi connectivity index (χ0v) is 10.9. The molecule has 0 aliphatic carbocycles. The largest absolute Gasteiger partial charge is 0.473 e. The van der Waals surface area contributed by atoms with Crippen LogP contribution in [-0.4, -0.2) is 16.1 Å². The third-order valence-corrected chi connectivity index (χ3v) is 3.24. The number of thiophene rings is 1. The van der Waals surface area contributed by atoms with E-state index in [9.17, 15) is 0 Å². The lowest BCUT2D eigenvalue weighted by molar-refractivity contribution is 0.233. The number of rotatable bonds is 3. The molecule has 0 N–H and O–H groups in total. The van der Waals surface area contributed by atoms with Crippen molar-refractivity contribution in [2.75, 3.05) is 0 Å². The molecule has 0 aliphatic rings. The summed E-state index contributed by atoms with van der Waals surface area (Å²) in [6.45, 7) is 3.93. The molecule has 0 fully saturated rings. The van der Waals surface area contributed by atoms with Crippen molar-refractivity contribution in [2.45, 2.75) is 20.0 Å². The molecule has 0 radical (unpaired) electrons. The van der Waals surface area contributed by atoms with Crippen molar-refractivity contribution in [1.82, 2.24) is 9.97 Å². The van der Waals surface area contributed by atoms with Crippen LogP contribution in [0.2, 0.25) is 0 Å². The van der Waals surface area contributed by atoms with Gasteiger partial charge in [0, 0.05) is 6.07 Å². The Morgan fingerprint density at radius 2 is 2.17 bits per heavy atom. The predicted molar refractivity (Wildman–Crippen MR) is 70.9 cm³/mol. The first kappa shape index (κ1) is 11.2. The van der Waals surface area contributed by atoms with Crippen molar-refractivity contribution >= 4 is 22.6 Å². The zero-order chi connectivity index (χ0) is 12.5. The molecule has 0 saturated heterocycles. The minimum Gasteiger partial charge on any atom is -0.473 e. The molecule has 3 rings (SSSR count). The Bertz CT molecular complexity index is 659. The van der Waals surface area contributed by atoms with Gasteiger partial charge in [-0.1, -0.05) is 6.07 Å². The van der Waals surface area contributed by atoms with E-state index in [2.05, 4.69) is 9.97 Å². The Labute approximate surface area is 108 Å². The minimum absolute atomic E-state index is 0.0467. The maximum atomic E-state index is 5.72. The first-order valence-electron chi connectivity index (χ1n) is 5.70. The molecule has 0 atom stereocenters. The predicted octanol–water partition coefficient (Wildman–Crippen LogP) is 3.74. The Hall–Kier alpha value is -1.88. The summed E-state index contributed by atoms with van der Waals surface area (Å²) in [6.07, 6.45) is 1.63. The van der Waals surface area contributed by atoms with Gasteiger partial charge in [-0.05, 0) is 25.3 Å². The summed E-state index contributed by atoms with van der Waals surface area (Å²) in [5, 5.41) is 2.01. The third kappa shape index (κ3) is 1.97. The van der Waals surface area contributed by atoms with Gasteiger partial charge in [0.25, 0.3) is 0 Å². The average Bonchev–Trinajstić information content (AvgIpc) is 2.97. The summed E-state index contributed by atoms with van der Waals surface area (Å²) in [6, 6.07) is 5.80. The first-order valence-corrected chi connectivity index (χ1v) is 6.58. The van der Waals surface area contributed by atoms with E-state index in [4.69, 9.17) is 9.15 Å². The molecule has 0 aliphatic heterocycles. The molecule has 92 valence electrons. The van der Waals surface area contributed by atoms with Crippen LogP contribution in [-0.2, 0) is 0 Å². The SMILES string of the molecule is CC(C)Oc1nc2occc2nc1-c1cccs1. The number of furan rings is 1. The van der Waals surface area contributed by atoms with Crippen LogP contribution in [0.5, 0.6) is 5.88 Å². The zero-order valence-electron chi connectivity index (χ0n) is 10.1. The quantitative estimate of drug-likeness (QED) is 0.719. The van der Waals surface area contributed by atoms with Crippen LogP contribution in [0.1, 0.15) is 13.8 Å². The van der Waals surface area contributed by atoms with E-state index in [1.807, 2.05) is 31.4 Å². The summed E-state index contributed by atoms with van der Waals surface area (Å²) in [7, 11) is 0. The molecule has 3 aromatic rings. The Morgan fingerprint density at radius 3 is 2.89 bits per heavy atom. The fourth-order valence-corrected chi connectivity index (χ4v) is 2.36. The number of hydrogen-bond acceptors (Lipinski definition) is 5. The van der Waals surface area contributed by atoms with Crippen LogP contribution in [0.25, 0.3) is 21.8 Å². The first-order chi connectivity index (χ1) is 8.74. The van der Waals surface area contributed by atoms with Crippen molar-refractivity contribution in [2.24, 2.45) is 0 Å². The molecule has 0 saturated carbocycles. The lowest BCUT2D eigenvalue weighted by atomic mass is 10.3. The summed E-state index contributed by atoms with van der Waals surface area (Å²) in [4.78, 5) is 9.99. The third-order valence-electron chi connectivity index (χ3n) is 2.36. The summed E-state index contributed by atoms with van der Waals surface area (Å²) >= 11 is 1.62. The summed E-state index contributed by atoms with van der Waals surface area (Å²) in [5.74, 6) is 0.523. The van der Waals surface area contributed by atoms with Gasteiger partial charge >= 0.3 is 0 Å². The second-order valence-electron chi connectivity index (χ2n) is 4.13. The molecule has 4 nitrogen and oxygen atoms in total. The van der Waals surface area contributed by atoms with Gasteiger partial charge in [0.2, 0.25) is 11.6 Å². The van der Waals surface area contributed by atoms with Crippen LogP contribution < -0.4 is 4.74 Å². The maximum Gasteiger partial charge on any atom is 0.248 e. The molecule has 0 bridgehead atoms. The lowest BCUT2D eigenvalue weighted by Gasteiger charge is -2.11. The average molecular weight is 260 g/mol. The fourth-order valence-electron chi connectivity index (χ4n) is 1.66. The van der Waals surface area contributed by atoms with Crippen LogP contribution >= 0.6 is 11.3 Å². The molecular formula is C13H12N2O2S. The highest BCUT2D eigenvalue weighted by Gasteiger charge is 2.15. The summed E-state index contributed by atoms with van der Waals surface area (Å²) < 4.78 is 11.0. The molecule has 5 heteroatoms. The van der Waals surface area contributed by atoms with Crippen molar-refractivity contribution in [1.29, 1.82) is 0 Å². The van der Waals surface area contributed by atoms with Gasteiger partial charge < -0.3 is 9.15 Å². The Morgan fingerprint density at radius 1 is 1.28 bits per heavy atom. The van der Waals surface area contributed by atoms with Gasteiger partial charge in [0.05, 0.1) is 17.2 Å². The molecule has 0 spiro atoms. The van der Waals surface area contributed by atoms with Gasteiger partial charge in [-0.3, -0.25) is 0 Å². The van der Waals surface area contributed by atoms with E-state index in [1.54, 1.807) is 23.7 Å². The smallest absolute Gasteiger partial charge is 0.248 e. The lowest BCUT2D eigenvalue weighted by Crippen LogP contribution is -2.08. The maximum absolute atomic E-state index is 5.72. The topological polar surface area (TPSA) is 48.2 Å².